The van der Waals surface area contributed by atoms with E-state index in [0.717, 1.165) is 19.3 Å². The second-order valence-corrected chi connectivity index (χ2v) is 14.3. The van der Waals surface area contributed by atoms with Crippen molar-refractivity contribution in [1.82, 2.24) is 0 Å². The normalized spacial score (nSPS) is 13.6. The standard InChI is InChI=1S/C15H21NO5.C14H21NO4.C4H8O/c1-14(2,3)9-7-10(15(4,5)13(18)21-6)12(17)8-11(9)16(19)20;1-13(2,3)9-6-10(14(4,5)8-16)12(17)7-11(9)15(18)19;1-2-4-5-3-1/h7-8,17H,1-6H3;6-7,16-17H,8H2,1-5H3;1-4H2. The van der Waals surface area contributed by atoms with Crippen LogP contribution in [0.15, 0.2) is 24.3 Å². The van der Waals surface area contributed by atoms with Crippen LogP contribution in [0.2, 0.25) is 0 Å². The van der Waals surface area contributed by atoms with Crippen molar-refractivity contribution >= 4 is 17.3 Å². The number of hydrogen-bond donors (Lipinski definition) is 3. The number of ether oxygens (including phenoxy) is 2. The third-order valence-electron chi connectivity index (χ3n) is 7.56. The lowest BCUT2D eigenvalue weighted by atomic mass is 9.78. The SMILES string of the molecule is C1CCOC1.CC(C)(C)c1cc(C(C)(C)CO)c(O)cc1[N+](=O)[O-].COC(=O)C(C)(C)c1cc(C(C)(C)C)c([N+](=O)[O-])cc1O. The van der Waals surface area contributed by atoms with Gasteiger partial charge in [0.2, 0.25) is 0 Å². The monoisotopic (exact) mass is 634 g/mol. The molecule has 1 fully saturated rings. The first kappa shape index (κ1) is 39.3. The zero-order valence-electron chi connectivity index (χ0n) is 28.4. The molecular weight excluding hydrogens is 584 g/mol. The van der Waals surface area contributed by atoms with Crippen LogP contribution in [0, 0.1) is 20.2 Å². The highest BCUT2D eigenvalue weighted by Gasteiger charge is 2.37. The highest BCUT2D eigenvalue weighted by Crippen LogP contribution is 2.42. The summed E-state index contributed by atoms with van der Waals surface area (Å²) in [7, 11) is 1.26. The fourth-order valence-corrected chi connectivity index (χ4v) is 4.66. The average molecular weight is 635 g/mol. The molecule has 2 aromatic carbocycles. The Morgan fingerprint density at radius 1 is 0.756 bits per heavy atom. The molecule has 252 valence electrons. The third kappa shape index (κ3) is 10.1. The van der Waals surface area contributed by atoms with Crippen LogP contribution >= 0.6 is 0 Å². The summed E-state index contributed by atoms with van der Waals surface area (Å²) in [5.41, 5.74) is -1.10. The van der Waals surface area contributed by atoms with Gasteiger partial charge in [0.05, 0.1) is 41.1 Å². The minimum atomic E-state index is -1.10. The van der Waals surface area contributed by atoms with Crippen molar-refractivity contribution in [2.24, 2.45) is 0 Å². The van der Waals surface area contributed by atoms with E-state index in [9.17, 15) is 40.3 Å². The zero-order chi connectivity index (χ0) is 35.1. The van der Waals surface area contributed by atoms with Gasteiger partial charge in [-0.1, -0.05) is 55.4 Å². The van der Waals surface area contributed by atoms with Gasteiger partial charge in [0.25, 0.3) is 11.4 Å². The molecule has 0 aliphatic carbocycles. The number of hydrogen-bond acceptors (Lipinski definition) is 10. The Kier molecular flexibility index (Phi) is 13.1. The minimum absolute atomic E-state index is 0.0949. The van der Waals surface area contributed by atoms with E-state index in [2.05, 4.69) is 0 Å². The van der Waals surface area contributed by atoms with Crippen LogP contribution in [-0.4, -0.2) is 58.1 Å². The summed E-state index contributed by atoms with van der Waals surface area (Å²) in [6, 6.07) is 5.42. The van der Waals surface area contributed by atoms with Crippen molar-refractivity contribution < 1.29 is 39.4 Å². The number of nitrogens with zero attached hydrogens (tertiary/aromatic N) is 2. The Morgan fingerprint density at radius 3 is 1.42 bits per heavy atom. The third-order valence-corrected chi connectivity index (χ3v) is 7.56. The number of nitro benzene ring substituents is 2. The summed E-state index contributed by atoms with van der Waals surface area (Å²) in [5, 5.41) is 51.7. The van der Waals surface area contributed by atoms with Crippen LogP contribution in [0.5, 0.6) is 11.5 Å². The molecule has 0 saturated carbocycles. The van der Waals surface area contributed by atoms with Gasteiger partial charge in [-0.3, -0.25) is 25.0 Å². The topological polar surface area (TPSA) is 182 Å². The molecule has 12 nitrogen and oxygen atoms in total. The number of phenolic OH excluding ortho intramolecular Hbond substituents is 2. The lowest BCUT2D eigenvalue weighted by Gasteiger charge is -2.27. The predicted octanol–water partition coefficient (Wildman–Crippen LogP) is 6.71. The van der Waals surface area contributed by atoms with E-state index in [4.69, 9.17) is 9.47 Å². The van der Waals surface area contributed by atoms with E-state index in [1.807, 2.05) is 41.5 Å². The summed E-state index contributed by atoms with van der Waals surface area (Å²) >= 11 is 0. The van der Waals surface area contributed by atoms with Crippen LogP contribution < -0.4 is 0 Å². The van der Waals surface area contributed by atoms with E-state index in [0.29, 0.717) is 22.3 Å². The predicted molar refractivity (Wildman–Crippen MR) is 172 cm³/mol. The van der Waals surface area contributed by atoms with Gasteiger partial charge in [-0.2, -0.15) is 0 Å². The van der Waals surface area contributed by atoms with Crippen molar-refractivity contribution in [1.29, 1.82) is 0 Å². The van der Waals surface area contributed by atoms with Crippen molar-refractivity contribution in [2.45, 2.75) is 104 Å². The number of esters is 1. The average Bonchev–Trinajstić information content (AvgIpc) is 3.51. The van der Waals surface area contributed by atoms with E-state index < -0.39 is 37.5 Å². The number of carbonyl (C=O) groups is 1. The number of aromatic hydroxyl groups is 2. The Balaban J connectivity index is 0.000000389. The fraction of sp³-hybridized carbons (Fsp3) is 0.606. The smallest absolute Gasteiger partial charge is 0.315 e. The van der Waals surface area contributed by atoms with E-state index in [1.165, 1.54) is 32.1 Å². The molecule has 0 unspecified atom stereocenters. The zero-order valence-corrected chi connectivity index (χ0v) is 28.4. The largest absolute Gasteiger partial charge is 0.507 e. The number of phenols is 2. The van der Waals surface area contributed by atoms with Crippen molar-refractivity contribution in [2.75, 3.05) is 26.9 Å². The van der Waals surface area contributed by atoms with E-state index in [-0.39, 0.29) is 29.5 Å². The molecule has 0 amide bonds. The molecule has 0 atom stereocenters. The molecule has 1 aliphatic heterocycles. The van der Waals surface area contributed by atoms with Crippen LogP contribution in [0.1, 0.15) is 104 Å². The Labute approximate surface area is 265 Å². The number of methoxy groups -OCH3 is 1. The minimum Gasteiger partial charge on any atom is -0.507 e. The molecule has 0 radical (unpaired) electrons. The Bertz CT molecular complexity index is 1360. The van der Waals surface area contributed by atoms with Gasteiger partial charge in [-0.25, -0.2) is 0 Å². The Morgan fingerprint density at radius 2 is 1.13 bits per heavy atom. The molecular formula is C33H50N2O10. The second kappa shape index (κ2) is 15.0. The van der Waals surface area contributed by atoms with Crippen LogP contribution in [0.4, 0.5) is 11.4 Å². The molecule has 12 heteroatoms. The van der Waals surface area contributed by atoms with Gasteiger partial charge in [0.1, 0.15) is 11.5 Å². The molecule has 0 bridgehead atoms. The maximum absolute atomic E-state index is 11.9. The maximum atomic E-state index is 11.9. The first-order valence-electron chi connectivity index (χ1n) is 14.7. The van der Waals surface area contributed by atoms with Crippen molar-refractivity contribution in [3.8, 4) is 11.5 Å². The first-order chi connectivity index (χ1) is 20.4. The van der Waals surface area contributed by atoms with Gasteiger partial charge in [0, 0.05) is 40.9 Å². The molecule has 3 rings (SSSR count). The molecule has 1 aliphatic rings. The van der Waals surface area contributed by atoms with Gasteiger partial charge in [-0.15, -0.1) is 0 Å². The number of benzene rings is 2. The lowest BCUT2D eigenvalue weighted by molar-refractivity contribution is -0.386. The summed E-state index contributed by atoms with van der Waals surface area (Å²) in [5.74, 6) is -0.963. The molecule has 1 saturated heterocycles. The van der Waals surface area contributed by atoms with Crippen molar-refractivity contribution in [3.05, 3.63) is 66.7 Å². The second-order valence-electron chi connectivity index (χ2n) is 14.3. The maximum Gasteiger partial charge on any atom is 0.315 e. The molecule has 1 heterocycles. The van der Waals surface area contributed by atoms with Crippen LogP contribution in [0.3, 0.4) is 0 Å². The number of nitro groups is 2. The number of carbonyl (C=O) groups excluding carboxylic acids is 1. The molecule has 2 aromatic rings. The summed E-state index contributed by atoms with van der Waals surface area (Å²) in [6.45, 7) is 19.7. The summed E-state index contributed by atoms with van der Waals surface area (Å²) < 4.78 is 9.69. The van der Waals surface area contributed by atoms with Gasteiger partial charge in [-0.05, 0) is 49.7 Å². The summed E-state index contributed by atoms with van der Waals surface area (Å²) in [4.78, 5) is 33.1. The lowest BCUT2D eigenvalue weighted by Crippen LogP contribution is -2.31. The molecule has 45 heavy (non-hydrogen) atoms. The van der Waals surface area contributed by atoms with Gasteiger partial charge < -0.3 is 24.8 Å². The highest BCUT2D eigenvalue weighted by atomic mass is 16.6. The van der Waals surface area contributed by atoms with E-state index >= 15 is 0 Å². The number of aliphatic hydroxyl groups is 1. The quantitative estimate of drug-likeness (QED) is 0.175. The molecule has 0 aromatic heterocycles. The summed E-state index contributed by atoms with van der Waals surface area (Å²) in [6.07, 6.45) is 2.56. The molecule has 0 spiro atoms. The number of aliphatic hydroxyl groups excluding tert-OH is 1. The van der Waals surface area contributed by atoms with Gasteiger partial charge in [0.15, 0.2) is 0 Å². The Hall–Kier alpha value is -3.77. The first-order valence-corrected chi connectivity index (χ1v) is 14.7. The van der Waals surface area contributed by atoms with Crippen molar-refractivity contribution in [3.63, 3.8) is 0 Å². The fourth-order valence-electron chi connectivity index (χ4n) is 4.66. The number of rotatable bonds is 6. The van der Waals surface area contributed by atoms with Crippen LogP contribution in [0.25, 0.3) is 0 Å². The van der Waals surface area contributed by atoms with E-state index in [1.54, 1.807) is 33.8 Å². The van der Waals surface area contributed by atoms with Crippen LogP contribution in [-0.2, 0) is 35.9 Å². The molecule has 3 N–H and O–H groups in total. The highest BCUT2D eigenvalue weighted by molar-refractivity contribution is 5.83. The van der Waals surface area contributed by atoms with Gasteiger partial charge >= 0.3 is 5.97 Å².